The Hall–Kier alpha value is -3.07. The van der Waals surface area contributed by atoms with E-state index in [-0.39, 0.29) is 0 Å². The van der Waals surface area contributed by atoms with Crippen molar-refractivity contribution in [2.75, 3.05) is 25.0 Å². The maximum absolute atomic E-state index is 8.87. The lowest BCUT2D eigenvalue weighted by Crippen LogP contribution is -2.48. The maximum atomic E-state index is 8.87. The Balaban J connectivity index is 1.47. The van der Waals surface area contributed by atoms with Crippen LogP contribution in [0.4, 0.5) is 5.82 Å². The Labute approximate surface area is 160 Å². The second kappa shape index (κ2) is 9.04. The highest BCUT2D eigenvalue weighted by Gasteiger charge is 2.20. The number of hydrogen-bond donors (Lipinski definition) is 2. The molecule has 0 spiro atoms. The minimum atomic E-state index is 0.401. The largest absolute Gasteiger partial charge is 0.356 e. The van der Waals surface area contributed by atoms with Crippen LogP contribution in [0.15, 0.2) is 47.5 Å². The van der Waals surface area contributed by atoms with Gasteiger partial charge < -0.3 is 15.5 Å². The van der Waals surface area contributed by atoms with Crippen molar-refractivity contribution in [2.45, 2.75) is 32.4 Å². The van der Waals surface area contributed by atoms with Gasteiger partial charge in [0.2, 0.25) is 0 Å². The van der Waals surface area contributed by atoms with Crippen LogP contribution in [0.1, 0.15) is 29.7 Å². The molecule has 1 aliphatic rings. The van der Waals surface area contributed by atoms with Gasteiger partial charge in [0, 0.05) is 38.4 Å². The third kappa shape index (κ3) is 5.20. The second-order valence-electron chi connectivity index (χ2n) is 6.78. The summed E-state index contributed by atoms with van der Waals surface area (Å²) in [5.74, 6) is 1.88. The van der Waals surface area contributed by atoms with Crippen LogP contribution < -0.4 is 15.5 Å². The Bertz CT molecular complexity index is 813. The number of aromatic nitrogens is 1. The van der Waals surface area contributed by atoms with Crippen molar-refractivity contribution in [3.05, 3.63) is 59.3 Å². The number of nitriles is 1. The number of nitrogens with zero attached hydrogens (tertiary/aromatic N) is 4. The average Bonchev–Trinajstić information content (AvgIpc) is 2.72. The highest BCUT2D eigenvalue weighted by Crippen LogP contribution is 2.18. The van der Waals surface area contributed by atoms with E-state index in [0.717, 1.165) is 49.0 Å². The zero-order chi connectivity index (χ0) is 19.1. The lowest BCUT2D eigenvalue weighted by atomic mass is 10.1. The summed E-state index contributed by atoms with van der Waals surface area (Å²) in [4.78, 5) is 11.3. The lowest BCUT2D eigenvalue weighted by Gasteiger charge is -2.34. The van der Waals surface area contributed by atoms with E-state index in [1.54, 1.807) is 7.05 Å². The van der Waals surface area contributed by atoms with Crippen molar-refractivity contribution in [2.24, 2.45) is 4.99 Å². The van der Waals surface area contributed by atoms with Crippen LogP contribution in [0.2, 0.25) is 0 Å². The molecule has 1 fully saturated rings. The summed E-state index contributed by atoms with van der Waals surface area (Å²) in [6.07, 6.45) is 2.10. The van der Waals surface area contributed by atoms with E-state index in [1.807, 2.05) is 37.3 Å². The van der Waals surface area contributed by atoms with Crippen molar-refractivity contribution in [1.82, 2.24) is 15.6 Å². The Morgan fingerprint density at radius 1 is 1.22 bits per heavy atom. The third-order valence-corrected chi connectivity index (χ3v) is 4.80. The highest BCUT2D eigenvalue weighted by atomic mass is 15.2. The number of pyridine rings is 1. The molecule has 2 aromatic rings. The molecule has 0 unspecified atom stereocenters. The summed E-state index contributed by atoms with van der Waals surface area (Å²) < 4.78 is 0. The van der Waals surface area contributed by atoms with Gasteiger partial charge in [-0.1, -0.05) is 18.2 Å². The van der Waals surface area contributed by atoms with Gasteiger partial charge in [-0.2, -0.15) is 5.26 Å². The predicted molar refractivity (Wildman–Crippen MR) is 109 cm³/mol. The third-order valence-electron chi connectivity index (χ3n) is 4.80. The quantitative estimate of drug-likeness (QED) is 0.646. The molecule has 6 nitrogen and oxygen atoms in total. The van der Waals surface area contributed by atoms with Crippen LogP contribution in [-0.4, -0.2) is 37.1 Å². The molecule has 0 atom stereocenters. The Morgan fingerprint density at radius 3 is 2.59 bits per heavy atom. The van der Waals surface area contributed by atoms with E-state index in [4.69, 9.17) is 5.26 Å². The number of aryl methyl sites for hydroxylation is 1. The average molecular weight is 362 g/mol. The van der Waals surface area contributed by atoms with Crippen molar-refractivity contribution in [1.29, 1.82) is 5.26 Å². The molecule has 140 valence electrons. The fraction of sp³-hybridized carbons (Fsp3) is 0.381. The summed E-state index contributed by atoms with van der Waals surface area (Å²) in [6, 6.07) is 16.3. The van der Waals surface area contributed by atoms with Gasteiger partial charge in [0.25, 0.3) is 0 Å². The molecule has 27 heavy (non-hydrogen) atoms. The van der Waals surface area contributed by atoms with Gasteiger partial charge in [-0.05, 0) is 49.6 Å². The summed E-state index contributed by atoms with van der Waals surface area (Å²) in [7, 11) is 1.79. The van der Waals surface area contributed by atoms with Gasteiger partial charge in [0.05, 0.1) is 11.6 Å². The molecule has 6 heteroatoms. The smallest absolute Gasteiger partial charge is 0.191 e. The molecule has 0 saturated carbocycles. The molecular formula is C21H26N6. The van der Waals surface area contributed by atoms with Gasteiger partial charge >= 0.3 is 0 Å². The standard InChI is InChI=1S/C21H26N6/c1-16-4-3-5-20(25-16)27-12-10-19(11-13-27)26-21(23-2)24-15-18-8-6-17(14-22)7-9-18/h3-9,19H,10-13,15H2,1-2H3,(H2,23,24,26). The SMILES string of the molecule is CN=C(NCc1ccc(C#N)cc1)NC1CCN(c2cccc(C)n2)CC1. The normalized spacial score (nSPS) is 15.3. The summed E-state index contributed by atoms with van der Waals surface area (Å²) in [5, 5.41) is 15.7. The predicted octanol–water partition coefficient (Wildman–Crippen LogP) is 2.60. The molecule has 1 aromatic heterocycles. The Kier molecular flexibility index (Phi) is 6.26. The Morgan fingerprint density at radius 2 is 1.96 bits per heavy atom. The summed E-state index contributed by atoms with van der Waals surface area (Å²) >= 11 is 0. The first kappa shape index (κ1) is 18.7. The first-order chi connectivity index (χ1) is 13.2. The zero-order valence-electron chi connectivity index (χ0n) is 15.9. The molecule has 0 aliphatic carbocycles. The number of nitrogens with one attached hydrogen (secondary N) is 2. The molecule has 0 radical (unpaired) electrons. The van der Waals surface area contributed by atoms with Crippen LogP contribution in [0, 0.1) is 18.3 Å². The second-order valence-corrected chi connectivity index (χ2v) is 6.78. The first-order valence-corrected chi connectivity index (χ1v) is 9.33. The van der Waals surface area contributed by atoms with Crippen molar-refractivity contribution in [3.63, 3.8) is 0 Å². The summed E-state index contributed by atoms with van der Waals surface area (Å²) in [6.45, 7) is 4.68. The van der Waals surface area contributed by atoms with E-state index in [0.29, 0.717) is 18.2 Å². The first-order valence-electron chi connectivity index (χ1n) is 9.33. The van der Waals surface area contributed by atoms with Crippen molar-refractivity contribution in [3.8, 4) is 6.07 Å². The molecule has 2 N–H and O–H groups in total. The highest BCUT2D eigenvalue weighted by molar-refractivity contribution is 5.80. The van der Waals surface area contributed by atoms with Crippen LogP contribution in [-0.2, 0) is 6.54 Å². The molecule has 1 saturated heterocycles. The van der Waals surface area contributed by atoms with Gasteiger partial charge in [-0.3, -0.25) is 4.99 Å². The minimum Gasteiger partial charge on any atom is -0.356 e. The molecule has 2 heterocycles. The fourth-order valence-corrected chi connectivity index (χ4v) is 3.23. The minimum absolute atomic E-state index is 0.401. The molecule has 0 amide bonds. The molecule has 1 aliphatic heterocycles. The van der Waals surface area contributed by atoms with E-state index >= 15 is 0 Å². The lowest BCUT2D eigenvalue weighted by molar-refractivity contribution is 0.459. The molecular weight excluding hydrogens is 336 g/mol. The van der Waals surface area contributed by atoms with Crippen molar-refractivity contribution >= 4 is 11.8 Å². The number of aliphatic imine (C=N–C) groups is 1. The number of benzene rings is 1. The van der Waals surface area contributed by atoms with Crippen LogP contribution in [0.3, 0.4) is 0 Å². The van der Waals surface area contributed by atoms with Crippen LogP contribution in [0.5, 0.6) is 0 Å². The van der Waals surface area contributed by atoms with Crippen LogP contribution >= 0.6 is 0 Å². The number of rotatable bonds is 4. The monoisotopic (exact) mass is 362 g/mol. The number of piperidine rings is 1. The van der Waals surface area contributed by atoms with Gasteiger partial charge in [0.15, 0.2) is 5.96 Å². The topological polar surface area (TPSA) is 76.3 Å². The van der Waals surface area contributed by atoms with E-state index < -0.39 is 0 Å². The molecule has 1 aromatic carbocycles. The number of guanidine groups is 1. The molecule has 0 bridgehead atoms. The van der Waals surface area contributed by atoms with Gasteiger partial charge in [0.1, 0.15) is 5.82 Å². The van der Waals surface area contributed by atoms with E-state index in [1.165, 1.54) is 0 Å². The number of hydrogen-bond acceptors (Lipinski definition) is 4. The van der Waals surface area contributed by atoms with Gasteiger partial charge in [-0.25, -0.2) is 4.98 Å². The molecule has 3 rings (SSSR count). The van der Waals surface area contributed by atoms with E-state index in [9.17, 15) is 0 Å². The van der Waals surface area contributed by atoms with Gasteiger partial charge in [-0.15, -0.1) is 0 Å². The zero-order valence-corrected chi connectivity index (χ0v) is 15.9. The van der Waals surface area contributed by atoms with Crippen molar-refractivity contribution < 1.29 is 0 Å². The summed E-state index contributed by atoms with van der Waals surface area (Å²) in [5.41, 5.74) is 2.86. The maximum Gasteiger partial charge on any atom is 0.191 e. The fourth-order valence-electron chi connectivity index (χ4n) is 3.23. The van der Waals surface area contributed by atoms with E-state index in [2.05, 4.69) is 43.7 Å². The van der Waals surface area contributed by atoms with Crippen LogP contribution in [0.25, 0.3) is 0 Å². The number of anilines is 1.